The Morgan fingerprint density at radius 3 is 2.22 bits per heavy atom. The maximum absolute atomic E-state index is 13.4. The van der Waals surface area contributed by atoms with Gasteiger partial charge in [0.05, 0.1) is 39.5 Å². The lowest BCUT2D eigenvalue weighted by atomic mass is 10.0. The van der Waals surface area contributed by atoms with Gasteiger partial charge in [0.15, 0.2) is 5.78 Å². The number of Topliss-reactive ketones (excluding diaryl/α,β-unsaturated/α-hetero) is 1. The zero-order chi connectivity index (χ0) is 40.1. The van der Waals surface area contributed by atoms with Gasteiger partial charge >= 0.3 is 12.1 Å². The highest BCUT2D eigenvalue weighted by molar-refractivity contribution is 5.93. The van der Waals surface area contributed by atoms with Crippen molar-refractivity contribution in [2.75, 3.05) is 27.4 Å². The zero-order valence-electron chi connectivity index (χ0n) is 32.4. The third kappa shape index (κ3) is 12.6. The van der Waals surface area contributed by atoms with Crippen LogP contribution in [0.25, 0.3) is 6.08 Å². The van der Waals surface area contributed by atoms with Gasteiger partial charge < -0.3 is 39.0 Å². The summed E-state index contributed by atoms with van der Waals surface area (Å²) in [6.45, 7) is 14.3. The van der Waals surface area contributed by atoms with Gasteiger partial charge in [0, 0.05) is 12.7 Å². The summed E-state index contributed by atoms with van der Waals surface area (Å²) in [7, 11) is 2.94. The number of aromatic nitrogens is 2. The Balaban J connectivity index is 0.000000290. The highest BCUT2D eigenvalue weighted by Crippen LogP contribution is 2.28. The summed E-state index contributed by atoms with van der Waals surface area (Å²) in [5, 5.41) is 5.14. The molecule has 2 N–H and O–H groups in total. The van der Waals surface area contributed by atoms with Gasteiger partial charge in [0.2, 0.25) is 5.91 Å². The third-order valence-corrected chi connectivity index (χ3v) is 8.38. The van der Waals surface area contributed by atoms with E-state index < -0.39 is 41.3 Å². The Bertz CT molecular complexity index is 1730. The molecule has 3 atom stereocenters. The van der Waals surface area contributed by atoms with Crippen LogP contribution >= 0.6 is 0 Å². The fourth-order valence-corrected chi connectivity index (χ4v) is 5.48. The summed E-state index contributed by atoms with van der Waals surface area (Å²) in [4.78, 5) is 67.7. The van der Waals surface area contributed by atoms with Crippen LogP contribution in [0.5, 0.6) is 5.75 Å². The van der Waals surface area contributed by atoms with Gasteiger partial charge in [-0.2, -0.15) is 0 Å². The number of likely N-dealkylation sites (tertiary alicyclic amines) is 1. The number of esters is 1. The molecule has 14 nitrogen and oxygen atoms in total. The summed E-state index contributed by atoms with van der Waals surface area (Å²) in [6, 6.07) is 14.8. The minimum absolute atomic E-state index is 0.0402. The molecule has 1 aromatic heterocycles. The van der Waals surface area contributed by atoms with Crippen molar-refractivity contribution in [1.29, 1.82) is 0 Å². The van der Waals surface area contributed by atoms with Crippen molar-refractivity contribution in [2.45, 2.75) is 90.3 Å². The van der Waals surface area contributed by atoms with Crippen LogP contribution in [0.4, 0.5) is 4.79 Å². The molecule has 292 valence electrons. The van der Waals surface area contributed by atoms with Crippen molar-refractivity contribution in [3.05, 3.63) is 90.5 Å². The molecule has 4 rings (SSSR count). The highest BCUT2D eigenvalue weighted by atomic mass is 16.6. The largest absolute Gasteiger partial charge is 0.497 e. The first kappa shape index (κ1) is 42.9. The third-order valence-electron chi connectivity index (χ3n) is 8.38. The normalized spacial score (nSPS) is 15.1. The minimum atomic E-state index is -1.25. The lowest BCUT2D eigenvalue weighted by Crippen LogP contribution is -2.58. The summed E-state index contributed by atoms with van der Waals surface area (Å²) in [5.74, 6) is -0.579. The predicted octanol–water partition coefficient (Wildman–Crippen LogP) is 4.87. The highest BCUT2D eigenvalue weighted by Gasteiger charge is 2.39. The van der Waals surface area contributed by atoms with Crippen LogP contribution < -0.4 is 15.4 Å². The lowest BCUT2D eigenvalue weighted by molar-refractivity contribution is -0.151. The number of carbonyl (C=O) groups excluding carboxylic acids is 5. The van der Waals surface area contributed by atoms with E-state index in [1.165, 1.54) is 27.9 Å². The van der Waals surface area contributed by atoms with E-state index >= 15 is 0 Å². The van der Waals surface area contributed by atoms with Crippen LogP contribution in [0.1, 0.15) is 77.2 Å². The topological polar surface area (TPSA) is 167 Å². The van der Waals surface area contributed by atoms with E-state index in [0.717, 1.165) is 17.5 Å². The number of nitrogens with one attached hydrogen (secondary N) is 2. The van der Waals surface area contributed by atoms with Crippen molar-refractivity contribution in [3.63, 3.8) is 0 Å². The molecule has 2 heterocycles. The number of benzene rings is 2. The van der Waals surface area contributed by atoms with Crippen molar-refractivity contribution >= 4 is 35.7 Å². The summed E-state index contributed by atoms with van der Waals surface area (Å²) in [5.41, 5.74) is 0.494. The second kappa shape index (κ2) is 19.5. The molecular weight excluding hydrogens is 694 g/mol. The van der Waals surface area contributed by atoms with Crippen LogP contribution in [0.2, 0.25) is 0 Å². The number of amides is 3. The Morgan fingerprint density at radius 1 is 1.00 bits per heavy atom. The number of ketones is 1. The van der Waals surface area contributed by atoms with Crippen molar-refractivity contribution < 1.29 is 42.9 Å². The van der Waals surface area contributed by atoms with Gasteiger partial charge in [0.25, 0.3) is 5.91 Å². The Labute approximate surface area is 317 Å². The van der Waals surface area contributed by atoms with E-state index in [4.69, 9.17) is 18.9 Å². The first-order chi connectivity index (χ1) is 25.5. The molecule has 1 fully saturated rings. The Hall–Kier alpha value is -5.50. The van der Waals surface area contributed by atoms with Gasteiger partial charge in [0.1, 0.15) is 35.0 Å². The molecular formula is C40H53N5O9. The van der Waals surface area contributed by atoms with Gasteiger partial charge in [-0.1, -0.05) is 49.0 Å². The molecule has 1 aliphatic heterocycles. The standard InChI is InChI=1S/C20H23N3O4.C20H30N2O5/c1-4-15-12-22(13-21-15)18(14-7-9-16(26-2)10-8-14)19(24)23-11-5-6-17(23)20(25)27-3;1-14(23)16(13-26-12-15-10-8-7-9-11-15)21-17(24)20(5,6)22-18(25)27-19(2,3)4/h4,7-10,12-13,17-18H,1,5-6,11H2,2-3H3;7-11,16H,12-13H2,1-6H3,(H,21,24)(H,22,25)/t17-,18?;16-/m11/s1. The van der Waals surface area contributed by atoms with E-state index in [9.17, 15) is 24.0 Å². The molecule has 2 aromatic carbocycles. The number of nitrogens with zero attached hydrogens (tertiary/aromatic N) is 3. The van der Waals surface area contributed by atoms with Crippen LogP contribution in [0.3, 0.4) is 0 Å². The number of methoxy groups -OCH3 is 2. The number of rotatable bonds is 14. The maximum atomic E-state index is 13.4. The average molecular weight is 748 g/mol. The number of hydrogen-bond acceptors (Lipinski definition) is 10. The SMILES string of the molecule is C=Cc1cn(C(C(=O)N2CCC[C@@H]2C(=O)OC)c2ccc(OC)cc2)cn1.CC(=O)[C@@H](COCc1ccccc1)NC(=O)C(C)(C)NC(=O)OC(C)(C)C. The molecule has 1 unspecified atom stereocenters. The number of ether oxygens (including phenoxy) is 4. The predicted molar refractivity (Wildman–Crippen MR) is 202 cm³/mol. The Kier molecular flexibility index (Phi) is 15.5. The second-order valence-corrected chi connectivity index (χ2v) is 14.2. The van der Waals surface area contributed by atoms with E-state index in [0.29, 0.717) is 31.0 Å². The molecule has 14 heteroatoms. The van der Waals surface area contributed by atoms with E-state index in [-0.39, 0.29) is 24.3 Å². The molecule has 0 bridgehead atoms. The molecule has 1 aliphatic rings. The molecule has 0 spiro atoms. The van der Waals surface area contributed by atoms with Crippen LogP contribution in [0, 0.1) is 0 Å². The average Bonchev–Trinajstić information content (AvgIpc) is 3.81. The fourth-order valence-electron chi connectivity index (χ4n) is 5.48. The number of alkyl carbamates (subject to hydrolysis) is 1. The van der Waals surface area contributed by atoms with Gasteiger partial charge in [-0.25, -0.2) is 14.6 Å². The monoisotopic (exact) mass is 747 g/mol. The van der Waals surface area contributed by atoms with Gasteiger partial charge in [-0.3, -0.25) is 14.4 Å². The van der Waals surface area contributed by atoms with Crippen LogP contribution in [0.15, 0.2) is 73.7 Å². The van der Waals surface area contributed by atoms with Crippen molar-refractivity contribution in [2.24, 2.45) is 0 Å². The van der Waals surface area contributed by atoms with Gasteiger partial charge in [-0.05, 0) is 83.7 Å². The molecule has 3 aromatic rings. The molecule has 0 aliphatic carbocycles. The molecule has 54 heavy (non-hydrogen) atoms. The molecule has 1 saturated heterocycles. The van der Waals surface area contributed by atoms with Crippen molar-refractivity contribution in [1.82, 2.24) is 25.1 Å². The summed E-state index contributed by atoms with van der Waals surface area (Å²) >= 11 is 0. The number of carbonyl (C=O) groups is 5. The maximum Gasteiger partial charge on any atom is 0.408 e. The molecule has 0 radical (unpaired) electrons. The molecule has 3 amide bonds. The second-order valence-electron chi connectivity index (χ2n) is 14.2. The summed E-state index contributed by atoms with van der Waals surface area (Å²) in [6.07, 6.45) is 5.66. The minimum Gasteiger partial charge on any atom is -0.497 e. The zero-order valence-corrected chi connectivity index (χ0v) is 32.4. The number of imidazole rings is 1. The van der Waals surface area contributed by atoms with Crippen LogP contribution in [-0.4, -0.2) is 94.7 Å². The fraction of sp³-hybridized carbons (Fsp3) is 0.450. The smallest absolute Gasteiger partial charge is 0.408 e. The Morgan fingerprint density at radius 2 is 1.67 bits per heavy atom. The van der Waals surface area contributed by atoms with E-state index in [1.54, 1.807) is 55.9 Å². The van der Waals surface area contributed by atoms with Crippen molar-refractivity contribution in [3.8, 4) is 5.75 Å². The van der Waals surface area contributed by atoms with Gasteiger partial charge in [-0.15, -0.1) is 0 Å². The number of hydrogen-bond donors (Lipinski definition) is 2. The van der Waals surface area contributed by atoms with Crippen LogP contribution in [-0.2, 0) is 40.0 Å². The first-order valence-electron chi connectivity index (χ1n) is 17.6. The summed E-state index contributed by atoms with van der Waals surface area (Å²) < 4.78 is 22.6. The first-order valence-corrected chi connectivity index (χ1v) is 17.6. The lowest BCUT2D eigenvalue weighted by Gasteiger charge is -2.29. The molecule has 0 saturated carbocycles. The van der Waals surface area contributed by atoms with E-state index in [1.807, 2.05) is 54.6 Å². The van der Waals surface area contributed by atoms with E-state index in [2.05, 4.69) is 22.2 Å². The quantitative estimate of drug-likeness (QED) is 0.217.